The third-order valence-electron chi connectivity index (χ3n) is 14.5. The number of halogens is 1. The van der Waals surface area contributed by atoms with Crippen molar-refractivity contribution in [2.24, 2.45) is 51.1 Å². The van der Waals surface area contributed by atoms with Crippen molar-refractivity contribution >= 4 is 12.3 Å². The van der Waals surface area contributed by atoms with Crippen LogP contribution < -0.4 is 5.73 Å². The lowest BCUT2D eigenvalue weighted by atomic mass is 9.33. The molecule has 232 valence electrons. The molecule has 5 heteroatoms. The molecule has 2 N–H and O–H groups in total. The summed E-state index contributed by atoms with van der Waals surface area (Å²) in [6.45, 7) is 16.8. The van der Waals surface area contributed by atoms with Gasteiger partial charge in [0.25, 0.3) is 6.47 Å². The second-order valence-electron chi connectivity index (χ2n) is 16.9. The van der Waals surface area contributed by atoms with Crippen LogP contribution in [0.2, 0.25) is 0 Å². The van der Waals surface area contributed by atoms with Crippen molar-refractivity contribution in [2.45, 2.75) is 130 Å². The Hall–Kier alpha value is -1.75. The molecule has 0 aromatic heterocycles. The first kappa shape index (κ1) is 30.3. The van der Waals surface area contributed by atoms with Gasteiger partial charge in [-0.05, 0) is 125 Å². The minimum absolute atomic E-state index is 0.0172. The van der Waals surface area contributed by atoms with E-state index in [2.05, 4.69) is 60.6 Å². The van der Waals surface area contributed by atoms with Crippen LogP contribution in [-0.2, 0) is 14.3 Å². The van der Waals surface area contributed by atoms with Crippen LogP contribution in [0.15, 0.2) is 34.4 Å². The van der Waals surface area contributed by atoms with Gasteiger partial charge in [0, 0.05) is 18.4 Å². The fraction of sp³-hybridized carbons (Fsp3) is 0.784. The van der Waals surface area contributed by atoms with Crippen LogP contribution in [-0.4, -0.2) is 30.1 Å². The van der Waals surface area contributed by atoms with Crippen LogP contribution in [0.5, 0.6) is 0 Å². The summed E-state index contributed by atoms with van der Waals surface area (Å²) < 4.78 is 19.1. The molecule has 0 heterocycles. The number of rotatable bonds is 5. The van der Waals surface area contributed by atoms with Gasteiger partial charge in [-0.1, -0.05) is 60.6 Å². The molecule has 0 bridgehead atoms. The summed E-state index contributed by atoms with van der Waals surface area (Å²) in [7, 11) is 0. The quantitative estimate of drug-likeness (QED) is 0.333. The van der Waals surface area contributed by atoms with Crippen molar-refractivity contribution in [2.75, 3.05) is 6.67 Å². The lowest BCUT2D eigenvalue weighted by Crippen LogP contribution is -2.65. The number of carbonyl (C=O) groups is 2. The lowest BCUT2D eigenvalue weighted by Gasteiger charge is -2.71. The highest BCUT2D eigenvalue weighted by molar-refractivity contribution is 6.01. The van der Waals surface area contributed by atoms with E-state index in [0.29, 0.717) is 49.3 Å². The molecule has 0 aromatic carbocycles. The molecule has 0 unspecified atom stereocenters. The molecule has 0 aromatic rings. The molecular formula is C37H54FNO3. The van der Waals surface area contributed by atoms with E-state index in [4.69, 9.17) is 10.5 Å². The van der Waals surface area contributed by atoms with Crippen LogP contribution in [0, 0.1) is 45.3 Å². The second kappa shape index (κ2) is 9.62. The Morgan fingerprint density at radius 2 is 1.71 bits per heavy atom. The zero-order chi connectivity index (χ0) is 30.5. The topological polar surface area (TPSA) is 69.4 Å². The molecule has 3 fully saturated rings. The molecule has 8 atom stereocenters. The first-order valence-electron chi connectivity index (χ1n) is 16.8. The second-order valence-corrected chi connectivity index (χ2v) is 16.9. The summed E-state index contributed by atoms with van der Waals surface area (Å²) in [4.78, 5) is 24.3. The number of carbonyl (C=O) groups excluding carboxylic acids is 2. The van der Waals surface area contributed by atoms with Crippen molar-refractivity contribution in [1.29, 1.82) is 0 Å². The van der Waals surface area contributed by atoms with Gasteiger partial charge in [-0.3, -0.25) is 9.59 Å². The monoisotopic (exact) mass is 579 g/mol. The third-order valence-corrected chi connectivity index (χ3v) is 14.5. The maximum atomic E-state index is 13.9. The number of hydrogen-bond acceptors (Lipinski definition) is 4. The average molecular weight is 580 g/mol. The number of nitrogens with two attached hydrogens (primary N) is 1. The number of Topliss-reactive ketones (excluding diaryl/α,β-unsaturated/α-hetero) is 1. The highest BCUT2D eigenvalue weighted by atomic mass is 19.1. The molecule has 6 aliphatic carbocycles. The Bertz CT molecular complexity index is 1280. The van der Waals surface area contributed by atoms with Gasteiger partial charge in [0.05, 0.1) is 0 Å². The predicted molar refractivity (Wildman–Crippen MR) is 165 cm³/mol. The average Bonchev–Trinajstić information content (AvgIpc) is 3.20. The molecule has 6 aliphatic rings. The minimum atomic E-state index is -0.990. The van der Waals surface area contributed by atoms with Gasteiger partial charge in [-0.15, -0.1) is 0 Å². The van der Waals surface area contributed by atoms with Gasteiger partial charge < -0.3 is 10.5 Å². The number of ketones is 1. The molecule has 0 spiro atoms. The molecule has 0 aliphatic heterocycles. The van der Waals surface area contributed by atoms with Crippen molar-refractivity contribution in [3.05, 3.63) is 34.4 Å². The van der Waals surface area contributed by atoms with E-state index in [9.17, 15) is 14.0 Å². The zero-order valence-electron chi connectivity index (χ0n) is 27.2. The first-order chi connectivity index (χ1) is 19.6. The summed E-state index contributed by atoms with van der Waals surface area (Å²) in [5, 5.41) is 0. The van der Waals surface area contributed by atoms with Crippen molar-refractivity contribution in [1.82, 2.24) is 0 Å². The van der Waals surface area contributed by atoms with Crippen LogP contribution in [0.4, 0.5) is 4.39 Å². The van der Waals surface area contributed by atoms with E-state index < -0.39 is 17.8 Å². The largest absolute Gasteiger partial charge is 0.458 e. The molecule has 4 nitrogen and oxygen atoms in total. The first-order valence-corrected chi connectivity index (χ1v) is 16.8. The van der Waals surface area contributed by atoms with E-state index in [1.54, 1.807) is 0 Å². The Morgan fingerprint density at radius 3 is 2.33 bits per heavy atom. The van der Waals surface area contributed by atoms with Gasteiger partial charge in [-0.2, -0.15) is 0 Å². The molecule has 0 radical (unpaired) electrons. The SMILES string of the molecule is CC(C)C1=C2[C@H]3CC[C@@H]4[C@@]5(C)CC=C(C6=CC[C@](CF)(OC=O)CC6)C(C)(C)[C@@H]5CC[C@@]4(C)[C@]3(C)CC[C@@]2(N)CC1=O. The van der Waals surface area contributed by atoms with Gasteiger partial charge >= 0.3 is 0 Å². The van der Waals surface area contributed by atoms with Crippen molar-refractivity contribution in [3.63, 3.8) is 0 Å². The van der Waals surface area contributed by atoms with Crippen LogP contribution in [0.3, 0.4) is 0 Å². The Kier molecular flexibility index (Phi) is 6.94. The molecule has 6 rings (SSSR count). The molecular weight excluding hydrogens is 525 g/mol. The lowest BCUT2D eigenvalue weighted by molar-refractivity contribution is -0.195. The summed E-state index contributed by atoms with van der Waals surface area (Å²) in [5.74, 6) is 2.13. The minimum Gasteiger partial charge on any atom is -0.458 e. The molecule has 0 amide bonds. The molecule has 0 saturated heterocycles. The van der Waals surface area contributed by atoms with Crippen molar-refractivity contribution < 1.29 is 18.7 Å². The number of allylic oxidation sites excluding steroid dienone is 4. The summed E-state index contributed by atoms with van der Waals surface area (Å²) in [5.41, 5.74) is 11.4. The standard InChI is InChI=1S/C37H54FNO3/c1-23(2)30-27(41)20-37(39)19-18-34(6)26(31(30)37)8-9-29-33(5)14-12-25(32(3,4)28(33)13-15-35(29,34)7)24-10-16-36(21-38,17-11-24)42-22-40/h10,12,22-23,26,28-29H,8-9,11,13-21,39H2,1-7H3/t26-,28+,29-,33+,34-,35-,36+,37-/m1/s1. The number of fused-ring (bicyclic) bond motifs is 7. The Labute approximate surface area is 253 Å². The van der Waals surface area contributed by atoms with E-state index in [1.807, 2.05) is 0 Å². The van der Waals surface area contributed by atoms with Gasteiger partial charge in [-0.25, -0.2) is 4.39 Å². The fourth-order valence-corrected chi connectivity index (χ4v) is 12.3. The fourth-order valence-electron chi connectivity index (χ4n) is 12.3. The number of ether oxygens (including phenoxy) is 1. The Balaban J connectivity index is 1.34. The molecule has 3 saturated carbocycles. The summed E-state index contributed by atoms with van der Waals surface area (Å²) in [6, 6.07) is 0. The summed E-state index contributed by atoms with van der Waals surface area (Å²) in [6.07, 6.45) is 14.8. The van der Waals surface area contributed by atoms with Crippen LogP contribution in [0.1, 0.15) is 119 Å². The smallest absolute Gasteiger partial charge is 0.293 e. The van der Waals surface area contributed by atoms with Gasteiger partial charge in [0.2, 0.25) is 0 Å². The van der Waals surface area contributed by atoms with Gasteiger partial charge in [0.15, 0.2) is 5.78 Å². The third kappa shape index (κ3) is 3.86. The van der Waals surface area contributed by atoms with E-state index in [-0.39, 0.29) is 27.6 Å². The van der Waals surface area contributed by atoms with Crippen LogP contribution >= 0.6 is 0 Å². The Morgan fingerprint density at radius 1 is 0.976 bits per heavy atom. The van der Waals surface area contributed by atoms with Crippen molar-refractivity contribution in [3.8, 4) is 0 Å². The van der Waals surface area contributed by atoms with Crippen LogP contribution in [0.25, 0.3) is 0 Å². The normalized spacial score (nSPS) is 46.2. The summed E-state index contributed by atoms with van der Waals surface area (Å²) >= 11 is 0. The van der Waals surface area contributed by atoms with E-state index in [0.717, 1.165) is 37.7 Å². The number of hydrogen-bond donors (Lipinski definition) is 1. The predicted octanol–water partition coefficient (Wildman–Crippen LogP) is 8.21. The maximum Gasteiger partial charge on any atom is 0.293 e. The maximum absolute atomic E-state index is 13.9. The van der Waals surface area contributed by atoms with E-state index in [1.165, 1.54) is 36.0 Å². The number of alkyl halides is 1. The zero-order valence-corrected chi connectivity index (χ0v) is 27.2. The highest BCUT2D eigenvalue weighted by Crippen LogP contribution is 2.75. The van der Waals surface area contributed by atoms with E-state index >= 15 is 0 Å². The highest BCUT2D eigenvalue weighted by Gasteiger charge is 2.69. The van der Waals surface area contributed by atoms with Gasteiger partial charge in [0.1, 0.15) is 12.3 Å². The molecule has 42 heavy (non-hydrogen) atoms.